The Morgan fingerprint density at radius 2 is 2.36 bits per heavy atom. The maximum Gasteiger partial charge on any atom is 1.00 e. The second-order valence-corrected chi connectivity index (χ2v) is 1.27. The van der Waals surface area contributed by atoms with Crippen molar-refractivity contribution in [1.82, 2.24) is 20.2 Å². The molecule has 11 heavy (non-hydrogen) atoms. The summed E-state index contributed by atoms with van der Waals surface area (Å²) < 4.78 is 0.333. The summed E-state index contributed by atoms with van der Waals surface area (Å²) >= 11 is 0. The van der Waals surface area contributed by atoms with Gasteiger partial charge in [-0.25, -0.2) is 4.79 Å². The Hall–Kier alpha value is -0.860. The first-order valence-corrected chi connectivity index (χ1v) is 2.12. The van der Waals surface area contributed by atoms with E-state index in [0.717, 1.165) is 0 Å². The van der Waals surface area contributed by atoms with Crippen LogP contribution in [0.2, 0.25) is 0 Å². The SMILES string of the molecule is [N-]=Nc1nnnn1C(=O)O.[Na+]. The van der Waals surface area contributed by atoms with Gasteiger partial charge in [0.1, 0.15) is 0 Å². The van der Waals surface area contributed by atoms with Gasteiger partial charge in [-0.15, -0.1) is 4.68 Å². The molecule has 0 aliphatic rings. The van der Waals surface area contributed by atoms with E-state index in [2.05, 4.69) is 20.6 Å². The van der Waals surface area contributed by atoms with Gasteiger partial charge in [0.05, 0.1) is 0 Å². The van der Waals surface area contributed by atoms with Crippen molar-refractivity contribution in [2.24, 2.45) is 5.11 Å². The zero-order valence-corrected chi connectivity index (χ0v) is 7.54. The molecule has 0 amide bonds. The van der Waals surface area contributed by atoms with Crippen LogP contribution in [0.25, 0.3) is 5.53 Å². The van der Waals surface area contributed by atoms with Crippen LogP contribution in [0, 0.1) is 0 Å². The number of aromatic nitrogens is 4. The van der Waals surface area contributed by atoms with Gasteiger partial charge in [0.15, 0.2) is 0 Å². The van der Waals surface area contributed by atoms with E-state index in [0.29, 0.717) is 4.68 Å². The third kappa shape index (κ3) is 2.03. The second kappa shape index (κ2) is 4.11. The Labute approximate surface area is 82.4 Å². The Morgan fingerprint density at radius 3 is 2.73 bits per heavy atom. The monoisotopic (exact) mass is 164 g/mol. The first-order valence-electron chi connectivity index (χ1n) is 2.12. The minimum atomic E-state index is -1.40. The van der Waals surface area contributed by atoms with Gasteiger partial charge in [-0.2, -0.15) is 0 Å². The van der Waals surface area contributed by atoms with Crippen molar-refractivity contribution in [3.63, 3.8) is 0 Å². The van der Waals surface area contributed by atoms with E-state index in [1.807, 2.05) is 0 Å². The molecule has 1 rings (SSSR count). The minimum absolute atomic E-state index is 0. The number of nitrogens with zero attached hydrogens (tertiary/aromatic N) is 6. The Bertz CT molecular complexity index is 269. The predicted molar refractivity (Wildman–Crippen MR) is 26.7 cm³/mol. The van der Waals surface area contributed by atoms with Crippen LogP contribution in [0.5, 0.6) is 0 Å². The van der Waals surface area contributed by atoms with Crippen molar-refractivity contribution in [2.45, 2.75) is 0 Å². The molecule has 52 valence electrons. The first-order chi connectivity index (χ1) is 4.75. The summed E-state index contributed by atoms with van der Waals surface area (Å²) in [4.78, 5) is 10.1. The topological polar surface area (TPSA) is 116 Å². The summed E-state index contributed by atoms with van der Waals surface area (Å²) in [5.41, 5.74) is 8.05. The van der Waals surface area contributed by atoms with Crippen LogP contribution in [0.4, 0.5) is 10.7 Å². The molecule has 0 aliphatic heterocycles. The molecule has 0 atom stereocenters. The predicted octanol–water partition coefficient (Wildman–Crippen LogP) is -3.14. The van der Waals surface area contributed by atoms with E-state index in [9.17, 15) is 4.79 Å². The summed E-state index contributed by atoms with van der Waals surface area (Å²) in [6.45, 7) is 0. The number of carbonyl (C=O) groups is 1. The van der Waals surface area contributed by atoms with E-state index in [1.165, 1.54) is 0 Å². The number of carboxylic acid groups (broad SMARTS) is 1. The van der Waals surface area contributed by atoms with Crippen LogP contribution in [0.3, 0.4) is 0 Å². The molecule has 0 spiro atoms. The average molecular weight is 164 g/mol. The smallest absolute Gasteiger partial charge is 0.704 e. The largest absolute Gasteiger partial charge is 1.00 e. The molecular weight excluding hydrogens is 163 g/mol. The van der Waals surface area contributed by atoms with Gasteiger partial charge in [-0.05, 0) is 10.4 Å². The molecule has 9 heteroatoms. The Balaban J connectivity index is 0.000001000. The molecular formula is C2HN6NaO2. The number of hydrogen-bond acceptors (Lipinski definition) is 5. The minimum Gasteiger partial charge on any atom is -0.704 e. The van der Waals surface area contributed by atoms with E-state index in [-0.39, 0.29) is 29.6 Å². The van der Waals surface area contributed by atoms with Gasteiger partial charge in [-0.3, -0.25) is 0 Å². The van der Waals surface area contributed by atoms with Gasteiger partial charge >= 0.3 is 35.7 Å². The van der Waals surface area contributed by atoms with Crippen LogP contribution < -0.4 is 29.6 Å². The standard InChI is InChI=1S/C2HN6O2.Na/c3-4-1-5-6-7-8(1)2(9)10;/h(H,9,10);/q-1;+1. The average Bonchev–Trinajstić information content (AvgIpc) is 2.33. The first kappa shape index (κ1) is 10.1. The molecule has 0 aliphatic carbocycles. The molecule has 8 nitrogen and oxygen atoms in total. The fourth-order valence-electron chi connectivity index (χ4n) is 0.369. The van der Waals surface area contributed by atoms with E-state index >= 15 is 0 Å². The van der Waals surface area contributed by atoms with Crippen molar-refractivity contribution in [2.75, 3.05) is 0 Å². The fourth-order valence-corrected chi connectivity index (χ4v) is 0.369. The number of tetrazole rings is 1. The van der Waals surface area contributed by atoms with Gasteiger partial charge in [0.2, 0.25) is 0 Å². The summed E-state index contributed by atoms with van der Waals surface area (Å²) in [7, 11) is 0. The van der Waals surface area contributed by atoms with Crippen LogP contribution in [0.1, 0.15) is 0 Å². The van der Waals surface area contributed by atoms with Crippen LogP contribution in [-0.4, -0.2) is 31.4 Å². The van der Waals surface area contributed by atoms with Crippen molar-refractivity contribution < 1.29 is 39.5 Å². The molecule has 0 fully saturated rings. The van der Waals surface area contributed by atoms with Crippen LogP contribution in [-0.2, 0) is 0 Å². The number of hydrogen-bond donors (Lipinski definition) is 1. The van der Waals surface area contributed by atoms with Gasteiger partial charge in [0, 0.05) is 0 Å². The van der Waals surface area contributed by atoms with E-state index in [1.54, 1.807) is 0 Å². The molecule has 1 heterocycles. The maximum absolute atomic E-state index is 10.1. The van der Waals surface area contributed by atoms with Gasteiger partial charge in [-0.1, -0.05) is 5.10 Å². The van der Waals surface area contributed by atoms with Crippen molar-refractivity contribution >= 4 is 12.0 Å². The molecule has 1 aromatic rings. The Morgan fingerprint density at radius 1 is 1.73 bits per heavy atom. The number of rotatable bonds is 1. The molecule has 1 N–H and O–H groups in total. The quantitative estimate of drug-likeness (QED) is 0.267. The van der Waals surface area contributed by atoms with E-state index < -0.39 is 12.0 Å². The van der Waals surface area contributed by atoms with Crippen LogP contribution >= 0.6 is 0 Å². The Kier molecular flexibility index (Phi) is 3.79. The summed E-state index contributed by atoms with van der Waals surface area (Å²) in [5.74, 6) is -0.465. The molecule has 0 saturated carbocycles. The maximum atomic E-state index is 10.1. The summed E-state index contributed by atoms with van der Waals surface area (Å²) in [6, 6.07) is 0. The van der Waals surface area contributed by atoms with Crippen molar-refractivity contribution in [1.29, 1.82) is 0 Å². The molecule has 0 radical (unpaired) electrons. The summed E-state index contributed by atoms with van der Waals surface area (Å²) in [6.07, 6.45) is -1.40. The molecule has 0 aromatic carbocycles. The van der Waals surface area contributed by atoms with Crippen molar-refractivity contribution in [3.8, 4) is 0 Å². The molecule has 1 aromatic heterocycles. The van der Waals surface area contributed by atoms with Gasteiger partial charge < -0.3 is 15.8 Å². The third-order valence-corrected chi connectivity index (χ3v) is 0.724. The van der Waals surface area contributed by atoms with Gasteiger partial charge in [0.25, 0.3) is 5.95 Å². The van der Waals surface area contributed by atoms with Crippen molar-refractivity contribution in [3.05, 3.63) is 5.53 Å². The second-order valence-electron chi connectivity index (χ2n) is 1.27. The normalized spacial score (nSPS) is 8.36. The zero-order valence-electron chi connectivity index (χ0n) is 5.54. The third-order valence-electron chi connectivity index (χ3n) is 0.724. The summed E-state index contributed by atoms with van der Waals surface area (Å²) in [5, 5.41) is 19.7. The zero-order chi connectivity index (χ0) is 7.56. The molecule has 0 unspecified atom stereocenters. The fraction of sp³-hybridized carbons (Fsp3) is 0. The van der Waals surface area contributed by atoms with Crippen LogP contribution in [0.15, 0.2) is 5.11 Å². The molecule has 0 saturated heterocycles. The van der Waals surface area contributed by atoms with E-state index in [4.69, 9.17) is 10.6 Å². The molecule has 0 bridgehead atoms.